The maximum Gasteiger partial charge on any atom is 0.171 e. The number of hydrogen-bond acceptors (Lipinski definition) is 3. The maximum absolute atomic E-state index is 5.61. The molecule has 0 aliphatic carbocycles. The summed E-state index contributed by atoms with van der Waals surface area (Å²) in [5.74, 6) is 0.809. The fourth-order valence-corrected chi connectivity index (χ4v) is 3.18. The predicted octanol–water partition coefficient (Wildman–Crippen LogP) is 4.17. The topological polar surface area (TPSA) is 36.5 Å². The van der Waals surface area contributed by atoms with Crippen LogP contribution in [-0.4, -0.2) is 24.8 Å². The van der Waals surface area contributed by atoms with E-state index in [1.807, 2.05) is 31.2 Å². The van der Waals surface area contributed by atoms with Crippen LogP contribution in [0.1, 0.15) is 25.3 Å². The predicted molar refractivity (Wildman–Crippen MR) is 109 cm³/mol. The largest absolute Gasteiger partial charge is 0.492 e. The Morgan fingerprint density at radius 2 is 1.80 bits per heavy atom. The molecule has 1 fully saturated rings. The molecule has 2 aromatic carbocycles. The van der Waals surface area contributed by atoms with Crippen molar-refractivity contribution in [2.45, 2.75) is 26.3 Å². The first-order valence-corrected chi connectivity index (χ1v) is 9.27. The van der Waals surface area contributed by atoms with E-state index in [1.165, 1.54) is 37.2 Å². The van der Waals surface area contributed by atoms with E-state index in [1.54, 1.807) is 0 Å². The van der Waals surface area contributed by atoms with E-state index < -0.39 is 0 Å². The number of anilines is 2. The molecule has 1 saturated heterocycles. The Morgan fingerprint density at radius 3 is 2.52 bits per heavy atom. The van der Waals surface area contributed by atoms with Crippen LogP contribution in [0.5, 0.6) is 5.75 Å². The Balaban J connectivity index is 1.52. The average Bonchev–Trinajstić information content (AvgIpc) is 3.17. The van der Waals surface area contributed by atoms with Crippen molar-refractivity contribution >= 4 is 28.7 Å². The molecule has 0 atom stereocenters. The minimum Gasteiger partial charge on any atom is -0.492 e. The van der Waals surface area contributed by atoms with E-state index in [9.17, 15) is 0 Å². The summed E-state index contributed by atoms with van der Waals surface area (Å²) in [6.45, 7) is 5.64. The van der Waals surface area contributed by atoms with Crippen LogP contribution < -0.4 is 20.3 Å². The lowest BCUT2D eigenvalue weighted by Crippen LogP contribution is -2.28. The minimum atomic E-state index is 0.593. The van der Waals surface area contributed by atoms with Gasteiger partial charge in [0.2, 0.25) is 0 Å². The number of nitrogens with zero attached hydrogens (tertiary/aromatic N) is 1. The van der Waals surface area contributed by atoms with Crippen molar-refractivity contribution in [2.75, 3.05) is 29.9 Å². The van der Waals surface area contributed by atoms with Gasteiger partial charge in [0.15, 0.2) is 5.11 Å². The first kappa shape index (κ1) is 17.5. The molecule has 0 bridgehead atoms. The van der Waals surface area contributed by atoms with Crippen LogP contribution in [0.25, 0.3) is 0 Å². The van der Waals surface area contributed by atoms with Gasteiger partial charge in [-0.15, -0.1) is 0 Å². The van der Waals surface area contributed by atoms with Crippen molar-refractivity contribution in [1.82, 2.24) is 5.32 Å². The molecule has 0 spiro atoms. The molecule has 5 heteroatoms. The average molecular weight is 356 g/mol. The van der Waals surface area contributed by atoms with Gasteiger partial charge in [-0.05, 0) is 61.8 Å². The number of ether oxygens (including phenoxy) is 1. The monoisotopic (exact) mass is 355 g/mol. The molecule has 1 heterocycles. The summed E-state index contributed by atoms with van der Waals surface area (Å²) in [4.78, 5) is 2.44. The lowest BCUT2D eigenvalue weighted by molar-refractivity contribution is 0.342. The molecule has 1 aliphatic rings. The summed E-state index contributed by atoms with van der Waals surface area (Å²) >= 11 is 5.41. The van der Waals surface area contributed by atoms with E-state index in [0.29, 0.717) is 18.3 Å². The highest BCUT2D eigenvalue weighted by atomic mass is 32.1. The Bertz CT molecular complexity index is 696. The van der Waals surface area contributed by atoms with E-state index in [0.717, 1.165) is 11.4 Å². The number of hydrogen-bond donors (Lipinski definition) is 2. The summed E-state index contributed by atoms with van der Waals surface area (Å²) in [5.41, 5.74) is 3.41. The summed E-state index contributed by atoms with van der Waals surface area (Å²) in [5, 5.41) is 7.06. The van der Waals surface area contributed by atoms with Gasteiger partial charge >= 0.3 is 0 Å². The third-order valence-corrected chi connectivity index (χ3v) is 4.54. The zero-order valence-corrected chi connectivity index (χ0v) is 15.4. The molecular weight excluding hydrogens is 330 g/mol. The fourth-order valence-electron chi connectivity index (χ4n) is 3.00. The zero-order valence-electron chi connectivity index (χ0n) is 14.6. The van der Waals surface area contributed by atoms with Gasteiger partial charge in [-0.25, -0.2) is 0 Å². The van der Waals surface area contributed by atoms with Gasteiger partial charge in [0, 0.05) is 25.3 Å². The number of thiocarbonyl (C=S) groups is 1. The van der Waals surface area contributed by atoms with Gasteiger partial charge in [-0.1, -0.05) is 24.3 Å². The summed E-state index contributed by atoms with van der Waals surface area (Å²) in [6, 6.07) is 16.5. The Kier molecular flexibility index (Phi) is 6.12. The minimum absolute atomic E-state index is 0.593. The Labute approximate surface area is 155 Å². The number of para-hydroxylation sites is 2. The molecule has 0 amide bonds. The molecule has 4 nitrogen and oxygen atoms in total. The van der Waals surface area contributed by atoms with Crippen molar-refractivity contribution in [3.63, 3.8) is 0 Å². The quantitative estimate of drug-likeness (QED) is 0.761. The van der Waals surface area contributed by atoms with Crippen LogP contribution in [-0.2, 0) is 6.54 Å². The van der Waals surface area contributed by atoms with E-state index >= 15 is 0 Å². The Morgan fingerprint density at radius 1 is 1.08 bits per heavy atom. The number of nitrogens with one attached hydrogen (secondary N) is 2. The third kappa shape index (κ3) is 4.86. The van der Waals surface area contributed by atoms with Crippen LogP contribution in [0.15, 0.2) is 48.5 Å². The Hall–Kier alpha value is -2.27. The van der Waals surface area contributed by atoms with Gasteiger partial charge < -0.3 is 20.3 Å². The molecule has 2 N–H and O–H groups in total. The van der Waals surface area contributed by atoms with E-state index in [2.05, 4.69) is 39.8 Å². The maximum atomic E-state index is 5.61. The van der Waals surface area contributed by atoms with Crippen molar-refractivity contribution in [3.8, 4) is 5.75 Å². The zero-order chi connectivity index (χ0) is 17.5. The van der Waals surface area contributed by atoms with Gasteiger partial charge in [0.25, 0.3) is 0 Å². The molecule has 0 unspecified atom stereocenters. The lowest BCUT2D eigenvalue weighted by atomic mass is 10.2. The van der Waals surface area contributed by atoms with Crippen LogP contribution in [0.2, 0.25) is 0 Å². The molecule has 0 saturated carbocycles. The van der Waals surface area contributed by atoms with Gasteiger partial charge in [-0.2, -0.15) is 0 Å². The first-order chi connectivity index (χ1) is 12.3. The van der Waals surface area contributed by atoms with E-state index in [-0.39, 0.29) is 0 Å². The summed E-state index contributed by atoms with van der Waals surface area (Å²) in [7, 11) is 0. The van der Waals surface area contributed by atoms with Crippen LogP contribution in [0.4, 0.5) is 11.4 Å². The highest BCUT2D eigenvalue weighted by molar-refractivity contribution is 7.80. The summed E-state index contributed by atoms with van der Waals surface area (Å²) < 4.78 is 5.61. The molecule has 0 aromatic heterocycles. The molecule has 132 valence electrons. The smallest absolute Gasteiger partial charge is 0.171 e. The summed E-state index contributed by atoms with van der Waals surface area (Å²) in [6.07, 6.45) is 2.60. The van der Waals surface area contributed by atoms with Gasteiger partial charge in [0.05, 0.1) is 12.3 Å². The molecular formula is C20H25N3OS. The number of rotatable bonds is 6. The molecule has 1 aliphatic heterocycles. The van der Waals surface area contributed by atoms with E-state index in [4.69, 9.17) is 17.0 Å². The van der Waals surface area contributed by atoms with Crippen molar-refractivity contribution in [1.29, 1.82) is 0 Å². The normalized spacial score (nSPS) is 13.6. The second kappa shape index (κ2) is 8.72. The highest BCUT2D eigenvalue weighted by Crippen LogP contribution is 2.23. The standard InChI is InChI=1S/C20H25N3OS/c1-2-24-19-8-4-3-7-18(19)22-20(25)21-15-16-9-11-17(12-10-16)23-13-5-6-14-23/h3-4,7-12H,2,5-6,13-15H2,1H3,(H2,21,22,25). The SMILES string of the molecule is CCOc1ccccc1NC(=S)NCc1ccc(N2CCCC2)cc1. The molecule has 0 radical (unpaired) electrons. The van der Waals surface area contributed by atoms with Crippen molar-refractivity contribution in [3.05, 3.63) is 54.1 Å². The van der Waals surface area contributed by atoms with Crippen molar-refractivity contribution in [2.24, 2.45) is 0 Å². The highest BCUT2D eigenvalue weighted by Gasteiger charge is 2.11. The van der Waals surface area contributed by atoms with Crippen LogP contribution in [0.3, 0.4) is 0 Å². The third-order valence-electron chi connectivity index (χ3n) is 4.30. The van der Waals surface area contributed by atoms with Crippen molar-refractivity contribution < 1.29 is 4.74 Å². The number of benzene rings is 2. The van der Waals surface area contributed by atoms with Crippen LogP contribution in [0, 0.1) is 0 Å². The van der Waals surface area contributed by atoms with Gasteiger partial charge in [0.1, 0.15) is 5.75 Å². The molecule has 25 heavy (non-hydrogen) atoms. The first-order valence-electron chi connectivity index (χ1n) is 8.87. The second-order valence-corrected chi connectivity index (χ2v) is 6.51. The molecule has 2 aromatic rings. The van der Waals surface area contributed by atoms with Gasteiger partial charge in [-0.3, -0.25) is 0 Å². The lowest BCUT2D eigenvalue weighted by Gasteiger charge is -2.18. The fraction of sp³-hybridized carbons (Fsp3) is 0.350. The van der Waals surface area contributed by atoms with Crippen LogP contribution >= 0.6 is 12.2 Å². The molecule has 3 rings (SSSR count). The second-order valence-electron chi connectivity index (χ2n) is 6.10.